The maximum absolute atomic E-state index is 12.3. The van der Waals surface area contributed by atoms with Crippen molar-refractivity contribution in [3.63, 3.8) is 0 Å². The van der Waals surface area contributed by atoms with E-state index in [0.717, 1.165) is 43.7 Å². The van der Waals surface area contributed by atoms with E-state index in [-0.39, 0.29) is 24.2 Å². The number of hydrogen-bond acceptors (Lipinski definition) is 4. The van der Waals surface area contributed by atoms with Crippen LogP contribution in [0.3, 0.4) is 0 Å². The van der Waals surface area contributed by atoms with Crippen LogP contribution in [0, 0.1) is 0 Å². The second-order valence-electron chi connectivity index (χ2n) is 6.99. The Balaban J connectivity index is 0.00000243. The Morgan fingerprint density at radius 3 is 2.73 bits per heavy atom. The monoisotopic (exact) mass is 380 g/mol. The first-order valence-corrected chi connectivity index (χ1v) is 9.19. The summed E-state index contributed by atoms with van der Waals surface area (Å²) < 4.78 is 0. The van der Waals surface area contributed by atoms with Crippen molar-refractivity contribution in [1.82, 2.24) is 20.4 Å². The highest BCUT2D eigenvalue weighted by molar-refractivity contribution is 5.85. The van der Waals surface area contributed by atoms with Gasteiger partial charge in [-0.1, -0.05) is 24.3 Å². The van der Waals surface area contributed by atoms with Gasteiger partial charge in [0.05, 0.1) is 6.54 Å². The summed E-state index contributed by atoms with van der Waals surface area (Å²) in [5, 5.41) is 6.37. The van der Waals surface area contributed by atoms with E-state index < -0.39 is 0 Å². The molecular weight excluding hydrogens is 352 g/mol. The van der Waals surface area contributed by atoms with Gasteiger partial charge in [-0.3, -0.25) is 14.5 Å². The van der Waals surface area contributed by atoms with Gasteiger partial charge in [0.25, 0.3) is 0 Å². The van der Waals surface area contributed by atoms with Gasteiger partial charge in [-0.25, -0.2) is 0 Å². The van der Waals surface area contributed by atoms with Crippen molar-refractivity contribution in [2.24, 2.45) is 0 Å². The van der Waals surface area contributed by atoms with E-state index >= 15 is 0 Å². The molecule has 2 saturated heterocycles. The molecule has 2 fully saturated rings. The summed E-state index contributed by atoms with van der Waals surface area (Å²) >= 11 is 0. The highest BCUT2D eigenvalue weighted by Crippen LogP contribution is 2.17. The molecule has 1 atom stereocenters. The van der Waals surface area contributed by atoms with Crippen LogP contribution in [0.15, 0.2) is 24.3 Å². The molecule has 0 spiro atoms. The molecule has 2 aliphatic heterocycles. The molecule has 2 N–H and O–H groups in total. The molecule has 26 heavy (non-hydrogen) atoms. The van der Waals surface area contributed by atoms with Crippen molar-refractivity contribution in [2.75, 3.05) is 32.7 Å². The van der Waals surface area contributed by atoms with E-state index in [1.807, 2.05) is 29.2 Å². The van der Waals surface area contributed by atoms with Gasteiger partial charge in [-0.2, -0.15) is 0 Å². The van der Waals surface area contributed by atoms with Gasteiger partial charge >= 0.3 is 0 Å². The molecule has 2 heterocycles. The minimum Gasteiger partial charge on any atom is -0.351 e. The van der Waals surface area contributed by atoms with Gasteiger partial charge in [-0.15, -0.1) is 12.4 Å². The largest absolute Gasteiger partial charge is 0.351 e. The molecular formula is C19H29ClN4O2. The van der Waals surface area contributed by atoms with Crippen molar-refractivity contribution in [2.45, 2.75) is 38.9 Å². The summed E-state index contributed by atoms with van der Waals surface area (Å²) in [5.74, 6) is 0.285. The topological polar surface area (TPSA) is 64.7 Å². The standard InChI is InChI=1S/C19H28N4O2.ClH/c1-15-11-20-8-10-22(15)14-18(24)21-12-16-5-2-3-6-17(16)13-23-9-4-7-19(23)25;/h2-3,5-6,15,20H,4,7-14H2,1H3,(H,21,24);1H/t15-;/m1./s1. The molecule has 0 saturated carbocycles. The third-order valence-electron chi connectivity index (χ3n) is 5.11. The minimum absolute atomic E-state index is 0. The van der Waals surface area contributed by atoms with E-state index in [1.54, 1.807) is 0 Å². The molecule has 0 aliphatic carbocycles. The van der Waals surface area contributed by atoms with Crippen molar-refractivity contribution < 1.29 is 9.59 Å². The Bertz CT molecular complexity index is 625. The Labute approximate surface area is 161 Å². The van der Waals surface area contributed by atoms with Crippen LogP contribution in [-0.2, 0) is 22.7 Å². The van der Waals surface area contributed by atoms with Crippen molar-refractivity contribution in [3.05, 3.63) is 35.4 Å². The summed E-state index contributed by atoms with van der Waals surface area (Å²) in [6, 6.07) is 8.43. The number of nitrogens with zero attached hydrogens (tertiary/aromatic N) is 2. The third-order valence-corrected chi connectivity index (χ3v) is 5.11. The maximum atomic E-state index is 12.3. The summed E-state index contributed by atoms with van der Waals surface area (Å²) in [6.45, 7) is 7.33. The zero-order valence-electron chi connectivity index (χ0n) is 15.4. The van der Waals surface area contributed by atoms with E-state index in [2.05, 4.69) is 22.5 Å². The molecule has 2 amide bonds. The van der Waals surface area contributed by atoms with E-state index in [9.17, 15) is 9.59 Å². The maximum Gasteiger partial charge on any atom is 0.234 e. The average molecular weight is 381 g/mol. The predicted molar refractivity (Wildman–Crippen MR) is 104 cm³/mol. The van der Waals surface area contributed by atoms with E-state index in [0.29, 0.717) is 32.1 Å². The molecule has 0 radical (unpaired) electrons. The lowest BCUT2D eigenvalue weighted by atomic mass is 10.1. The predicted octanol–water partition coefficient (Wildman–Crippen LogP) is 1.14. The van der Waals surface area contributed by atoms with E-state index in [1.165, 1.54) is 0 Å². The molecule has 1 aromatic rings. The van der Waals surface area contributed by atoms with Gasteiger partial charge < -0.3 is 15.5 Å². The first-order chi connectivity index (χ1) is 12.1. The van der Waals surface area contributed by atoms with Crippen LogP contribution in [0.1, 0.15) is 30.9 Å². The van der Waals surface area contributed by atoms with Crippen LogP contribution in [0.4, 0.5) is 0 Å². The number of likely N-dealkylation sites (tertiary alicyclic amines) is 1. The molecule has 0 unspecified atom stereocenters. The molecule has 7 heteroatoms. The van der Waals surface area contributed by atoms with Crippen molar-refractivity contribution >= 4 is 24.2 Å². The molecule has 6 nitrogen and oxygen atoms in total. The number of rotatable bonds is 6. The van der Waals surface area contributed by atoms with Crippen LogP contribution in [0.2, 0.25) is 0 Å². The molecule has 144 valence electrons. The first kappa shape index (κ1) is 20.7. The molecule has 3 rings (SSSR count). The van der Waals surface area contributed by atoms with Crippen LogP contribution < -0.4 is 10.6 Å². The van der Waals surface area contributed by atoms with Gasteiger partial charge in [0.2, 0.25) is 11.8 Å². The minimum atomic E-state index is 0. The Morgan fingerprint density at radius 1 is 1.27 bits per heavy atom. The lowest BCUT2D eigenvalue weighted by molar-refractivity contribution is -0.128. The SMILES string of the molecule is C[C@@H]1CNCCN1CC(=O)NCc1ccccc1CN1CCCC1=O.Cl. The fourth-order valence-corrected chi connectivity index (χ4v) is 3.51. The van der Waals surface area contributed by atoms with E-state index in [4.69, 9.17) is 0 Å². The summed E-state index contributed by atoms with van der Waals surface area (Å²) in [6.07, 6.45) is 1.60. The lowest BCUT2D eigenvalue weighted by Gasteiger charge is -2.33. The molecule has 1 aromatic carbocycles. The Hall–Kier alpha value is -1.63. The number of piperazine rings is 1. The second-order valence-corrected chi connectivity index (χ2v) is 6.99. The quantitative estimate of drug-likeness (QED) is 0.776. The van der Waals surface area contributed by atoms with Crippen LogP contribution in [0.5, 0.6) is 0 Å². The number of halogens is 1. The first-order valence-electron chi connectivity index (χ1n) is 9.19. The van der Waals surface area contributed by atoms with Crippen LogP contribution >= 0.6 is 12.4 Å². The van der Waals surface area contributed by atoms with Gasteiger partial charge in [-0.05, 0) is 24.5 Å². The summed E-state index contributed by atoms with van der Waals surface area (Å²) in [4.78, 5) is 28.3. The zero-order chi connectivity index (χ0) is 17.6. The number of benzene rings is 1. The van der Waals surface area contributed by atoms with Gasteiger partial charge in [0, 0.05) is 51.7 Å². The number of nitrogens with one attached hydrogen (secondary N) is 2. The summed E-state index contributed by atoms with van der Waals surface area (Å²) in [5.41, 5.74) is 2.21. The van der Waals surface area contributed by atoms with Gasteiger partial charge in [0.1, 0.15) is 0 Å². The highest BCUT2D eigenvalue weighted by atomic mass is 35.5. The highest BCUT2D eigenvalue weighted by Gasteiger charge is 2.22. The lowest BCUT2D eigenvalue weighted by Crippen LogP contribution is -2.52. The zero-order valence-corrected chi connectivity index (χ0v) is 16.2. The summed E-state index contributed by atoms with van der Waals surface area (Å²) in [7, 11) is 0. The third kappa shape index (κ3) is 5.43. The fourth-order valence-electron chi connectivity index (χ4n) is 3.51. The van der Waals surface area contributed by atoms with Crippen LogP contribution in [-0.4, -0.2) is 60.4 Å². The van der Waals surface area contributed by atoms with Gasteiger partial charge in [0.15, 0.2) is 0 Å². The Morgan fingerprint density at radius 2 is 2.04 bits per heavy atom. The molecule has 2 aliphatic rings. The second kappa shape index (κ2) is 9.90. The normalized spacial score (nSPS) is 20.7. The smallest absolute Gasteiger partial charge is 0.234 e. The van der Waals surface area contributed by atoms with Crippen molar-refractivity contribution in [1.29, 1.82) is 0 Å². The number of carbonyl (C=O) groups is 2. The van der Waals surface area contributed by atoms with Crippen molar-refractivity contribution in [3.8, 4) is 0 Å². The number of hydrogen-bond donors (Lipinski definition) is 2. The molecule has 0 aromatic heterocycles. The number of amides is 2. The van der Waals surface area contributed by atoms with Crippen LogP contribution in [0.25, 0.3) is 0 Å². The fraction of sp³-hybridized carbons (Fsp3) is 0.579. The molecule has 0 bridgehead atoms. The number of carbonyl (C=O) groups excluding carboxylic acids is 2. The Kier molecular flexibility index (Phi) is 7.87. The average Bonchev–Trinajstić information content (AvgIpc) is 3.01.